The molecule has 2 fully saturated rings. The summed E-state index contributed by atoms with van der Waals surface area (Å²) in [6, 6.07) is 13.9. The maximum Gasteiger partial charge on any atom is 0.244 e. The first-order chi connectivity index (χ1) is 13.1. The molecule has 27 heavy (non-hydrogen) atoms. The van der Waals surface area contributed by atoms with Crippen molar-refractivity contribution in [2.24, 2.45) is 5.41 Å². The molecule has 7 heteroatoms. The van der Waals surface area contributed by atoms with Gasteiger partial charge in [0.1, 0.15) is 10.7 Å². The number of pyridine rings is 1. The van der Waals surface area contributed by atoms with Crippen LogP contribution >= 0.6 is 0 Å². The zero-order valence-electron chi connectivity index (χ0n) is 15.3. The van der Waals surface area contributed by atoms with Gasteiger partial charge in [-0.1, -0.05) is 30.3 Å². The third-order valence-corrected chi connectivity index (χ3v) is 7.25. The van der Waals surface area contributed by atoms with Crippen LogP contribution in [0.25, 0.3) is 0 Å². The maximum atomic E-state index is 12.6. The second-order valence-corrected chi connectivity index (χ2v) is 9.35. The van der Waals surface area contributed by atoms with Gasteiger partial charge in [-0.25, -0.2) is 13.4 Å². The normalized spacial score (nSPS) is 19.6. The number of nitrogens with one attached hydrogen (secondary N) is 1. The number of hydrogen-bond acceptors (Lipinski definition) is 5. The molecule has 1 saturated carbocycles. The minimum absolute atomic E-state index is 0.236. The third-order valence-electron chi connectivity index (χ3n) is 5.37. The number of ether oxygens (including phenoxy) is 1. The van der Waals surface area contributed by atoms with Gasteiger partial charge in [-0.05, 0) is 42.4 Å². The summed E-state index contributed by atoms with van der Waals surface area (Å²) in [5, 5.41) is 3.39. The first kappa shape index (κ1) is 18.4. The molecule has 0 amide bonds. The zero-order chi connectivity index (χ0) is 18.7. The summed E-state index contributed by atoms with van der Waals surface area (Å²) in [4.78, 5) is 4.57. The largest absolute Gasteiger partial charge is 0.379 e. The van der Waals surface area contributed by atoms with E-state index in [0.29, 0.717) is 31.7 Å². The highest BCUT2D eigenvalue weighted by Crippen LogP contribution is 2.48. The van der Waals surface area contributed by atoms with E-state index in [1.165, 1.54) is 28.9 Å². The lowest BCUT2D eigenvalue weighted by atomic mass is 9.96. The standard InChI is InChI=1S/C20H25N3O3S/c24-27(25,23-10-12-26-13-11-23)18-6-7-19(21-15-18)22-16-20(8-9-20)14-17-4-2-1-3-5-17/h1-7,15H,8-14,16H2,(H,21,22). The fourth-order valence-corrected chi connectivity index (χ4v) is 4.83. The van der Waals surface area contributed by atoms with Gasteiger partial charge in [0.25, 0.3) is 0 Å². The summed E-state index contributed by atoms with van der Waals surface area (Å²) < 4.78 is 32.0. The van der Waals surface area contributed by atoms with Crippen LogP contribution in [0.4, 0.5) is 5.82 Å². The summed E-state index contributed by atoms with van der Waals surface area (Å²) in [5.41, 5.74) is 1.65. The molecule has 1 aliphatic carbocycles. The molecule has 0 spiro atoms. The fourth-order valence-electron chi connectivity index (χ4n) is 3.47. The first-order valence-corrected chi connectivity index (χ1v) is 10.8. The van der Waals surface area contributed by atoms with E-state index in [-0.39, 0.29) is 4.90 Å². The SMILES string of the molecule is O=S(=O)(c1ccc(NCC2(Cc3ccccc3)CC2)nc1)N1CCOCC1. The van der Waals surface area contributed by atoms with Crippen molar-refractivity contribution in [3.63, 3.8) is 0 Å². The molecule has 1 saturated heterocycles. The van der Waals surface area contributed by atoms with Crippen molar-refractivity contribution in [2.45, 2.75) is 24.2 Å². The average molecular weight is 388 g/mol. The Hall–Kier alpha value is -1.96. The minimum Gasteiger partial charge on any atom is -0.379 e. The van der Waals surface area contributed by atoms with Crippen LogP contribution in [-0.2, 0) is 21.2 Å². The lowest BCUT2D eigenvalue weighted by Gasteiger charge is -2.25. The number of nitrogens with zero attached hydrogens (tertiary/aromatic N) is 2. The van der Waals surface area contributed by atoms with Crippen molar-refractivity contribution in [3.05, 3.63) is 54.2 Å². The molecule has 0 bridgehead atoms. The van der Waals surface area contributed by atoms with Crippen LogP contribution in [-0.4, -0.2) is 50.6 Å². The Bertz CT molecular complexity index is 859. The van der Waals surface area contributed by atoms with Crippen LogP contribution < -0.4 is 5.32 Å². The summed E-state index contributed by atoms with van der Waals surface area (Å²) in [6.45, 7) is 2.52. The second-order valence-electron chi connectivity index (χ2n) is 7.41. The molecule has 0 atom stereocenters. The number of hydrogen-bond donors (Lipinski definition) is 1. The molecule has 1 N–H and O–H groups in total. The van der Waals surface area contributed by atoms with Crippen molar-refractivity contribution in [1.82, 2.24) is 9.29 Å². The minimum atomic E-state index is -3.49. The molecule has 1 aromatic carbocycles. The van der Waals surface area contributed by atoms with Crippen LogP contribution in [0.3, 0.4) is 0 Å². The molecule has 2 aromatic rings. The topological polar surface area (TPSA) is 71.5 Å². The number of rotatable bonds is 7. The van der Waals surface area contributed by atoms with Gasteiger partial charge in [0.15, 0.2) is 0 Å². The van der Waals surface area contributed by atoms with E-state index in [9.17, 15) is 8.42 Å². The van der Waals surface area contributed by atoms with Gasteiger partial charge >= 0.3 is 0 Å². The van der Waals surface area contributed by atoms with Crippen molar-refractivity contribution in [2.75, 3.05) is 38.2 Å². The average Bonchev–Trinajstić information content (AvgIpc) is 3.48. The highest BCUT2D eigenvalue weighted by Gasteiger charge is 2.42. The second kappa shape index (κ2) is 7.58. The van der Waals surface area contributed by atoms with Crippen molar-refractivity contribution >= 4 is 15.8 Å². The van der Waals surface area contributed by atoms with Crippen LogP contribution in [0.15, 0.2) is 53.6 Å². The van der Waals surface area contributed by atoms with Crippen molar-refractivity contribution in [1.29, 1.82) is 0 Å². The fraction of sp³-hybridized carbons (Fsp3) is 0.450. The van der Waals surface area contributed by atoms with E-state index in [4.69, 9.17) is 4.74 Å². The Labute approximate surface area is 160 Å². The summed E-state index contributed by atoms with van der Waals surface area (Å²) >= 11 is 0. The smallest absolute Gasteiger partial charge is 0.244 e. The molecule has 2 heterocycles. The number of benzene rings is 1. The third kappa shape index (κ3) is 4.31. The lowest BCUT2D eigenvalue weighted by molar-refractivity contribution is 0.0730. The van der Waals surface area contributed by atoms with Gasteiger partial charge < -0.3 is 10.1 Å². The van der Waals surface area contributed by atoms with Gasteiger partial charge in [-0.15, -0.1) is 0 Å². The number of morpholine rings is 1. The monoisotopic (exact) mass is 387 g/mol. The molecular formula is C20H25N3O3S. The quantitative estimate of drug-likeness (QED) is 0.791. The Balaban J connectivity index is 1.37. The summed E-state index contributed by atoms with van der Waals surface area (Å²) in [6.07, 6.45) is 4.92. The van der Waals surface area contributed by atoms with E-state index in [2.05, 4.69) is 34.6 Å². The molecule has 144 valence electrons. The molecule has 0 unspecified atom stereocenters. The number of aromatic nitrogens is 1. The zero-order valence-corrected chi connectivity index (χ0v) is 16.1. The van der Waals surface area contributed by atoms with Gasteiger partial charge in [0.05, 0.1) is 13.2 Å². The van der Waals surface area contributed by atoms with Gasteiger partial charge in [0.2, 0.25) is 10.0 Å². The van der Waals surface area contributed by atoms with Crippen molar-refractivity contribution < 1.29 is 13.2 Å². The predicted molar refractivity (Wildman–Crippen MR) is 104 cm³/mol. The highest BCUT2D eigenvalue weighted by molar-refractivity contribution is 7.89. The molecule has 1 aromatic heterocycles. The number of anilines is 1. The molecule has 4 rings (SSSR count). The molecule has 6 nitrogen and oxygen atoms in total. The van der Waals surface area contributed by atoms with Gasteiger partial charge in [-0.2, -0.15) is 4.31 Å². The molecule has 0 radical (unpaired) electrons. The number of sulfonamides is 1. The Kier molecular flexibility index (Phi) is 5.16. The van der Waals surface area contributed by atoms with Crippen LogP contribution in [0, 0.1) is 5.41 Å². The van der Waals surface area contributed by atoms with E-state index < -0.39 is 10.0 Å². The molecule has 2 aliphatic rings. The van der Waals surface area contributed by atoms with Gasteiger partial charge in [0, 0.05) is 25.8 Å². The highest BCUT2D eigenvalue weighted by atomic mass is 32.2. The molecule has 1 aliphatic heterocycles. The van der Waals surface area contributed by atoms with Crippen LogP contribution in [0.2, 0.25) is 0 Å². The van der Waals surface area contributed by atoms with E-state index in [0.717, 1.165) is 18.8 Å². The van der Waals surface area contributed by atoms with Crippen LogP contribution in [0.5, 0.6) is 0 Å². The van der Waals surface area contributed by atoms with E-state index in [1.54, 1.807) is 12.1 Å². The molecular weight excluding hydrogens is 362 g/mol. The van der Waals surface area contributed by atoms with Crippen LogP contribution in [0.1, 0.15) is 18.4 Å². The summed E-state index contributed by atoms with van der Waals surface area (Å²) in [5.74, 6) is 0.718. The summed E-state index contributed by atoms with van der Waals surface area (Å²) in [7, 11) is -3.49. The Morgan fingerprint density at radius 2 is 1.81 bits per heavy atom. The van der Waals surface area contributed by atoms with E-state index >= 15 is 0 Å². The Morgan fingerprint density at radius 3 is 2.44 bits per heavy atom. The first-order valence-electron chi connectivity index (χ1n) is 9.39. The predicted octanol–water partition coefficient (Wildman–Crippen LogP) is 2.54. The Morgan fingerprint density at radius 1 is 1.07 bits per heavy atom. The van der Waals surface area contributed by atoms with Crippen molar-refractivity contribution in [3.8, 4) is 0 Å². The maximum absolute atomic E-state index is 12.6. The van der Waals surface area contributed by atoms with E-state index in [1.807, 2.05) is 6.07 Å². The lowest BCUT2D eigenvalue weighted by Crippen LogP contribution is -2.40. The van der Waals surface area contributed by atoms with Gasteiger partial charge in [-0.3, -0.25) is 0 Å².